The molecule has 20 nitrogen and oxygen atoms in total. The molecule has 0 saturated carbocycles. The zero-order chi connectivity index (χ0) is 42.0. The molecule has 2 aliphatic rings. The molecular formula is C38H40O20. The third-order valence-corrected chi connectivity index (χ3v) is 9.37. The van der Waals surface area contributed by atoms with E-state index in [0.717, 1.165) is 18.2 Å². The average Bonchev–Trinajstić information content (AvgIpc) is 3.20. The van der Waals surface area contributed by atoms with Crippen molar-refractivity contribution in [3.05, 3.63) is 70.4 Å². The summed E-state index contributed by atoms with van der Waals surface area (Å²) in [6, 6.07) is 9.91. The second-order valence-corrected chi connectivity index (χ2v) is 13.2. The molecular weight excluding hydrogens is 776 g/mol. The van der Waals surface area contributed by atoms with Crippen molar-refractivity contribution in [2.45, 2.75) is 61.4 Å². The lowest BCUT2D eigenvalue weighted by Crippen LogP contribution is -2.65. The van der Waals surface area contributed by atoms with Crippen LogP contribution in [0, 0.1) is 0 Å². The highest BCUT2D eigenvalue weighted by atomic mass is 16.8. The van der Waals surface area contributed by atoms with Crippen molar-refractivity contribution >= 4 is 23.0 Å². The maximum Gasteiger partial charge on any atom is 0.330 e. The fraction of sp³-hybridized carbons (Fsp3) is 0.368. The van der Waals surface area contributed by atoms with Crippen LogP contribution in [0.5, 0.6) is 40.2 Å². The third-order valence-electron chi connectivity index (χ3n) is 9.37. The molecule has 2 aliphatic heterocycles. The van der Waals surface area contributed by atoms with Gasteiger partial charge in [0.25, 0.3) is 0 Å². The second-order valence-electron chi connectivity index (χ2n) is 13.2. The summed E-state index contributed by atoms with van der Waals surface area (Å²) in [7, 11) is 2.63. The first kappa shape index (κ1) is 41.9. The standard InChI is InChI=1S/C38H40O20/c1-51-21-9-15(10-22(52-2)27(21)44)3-8-25(43)53-14-24-29(46)31(48)33(50)37(56-24)58-36-32(49)28(45)23(13-39)55-38(36)57-35-30(47)26-19(42)11-18(41)12-20(26)54-34(35)16-4-6-17(40)7-5-16/h3-12,23-24,28-29,31-33,36-42,44-46,48-50H,13-14H2,1-2H3/b8-3+/t23-,24+,28-,29+,31-,32-,33+,36+,37-,38-/m0/s1. The van der Waals surface area contributed by atoms with Gasteiger partial charge in [0.1, 0.15) is 77.6 Å². The van der Waals surface area contributed by atoms with Crippen LogP contribution < -0.4 is 19.6 Å². The van der Waals surface area contributed by atoms with E-state index < -0.39 is 109 Å². The highest BCUT2D eigenvalue weighted by Gasteiger charge is 2.52. The largest absolute Gasteiger partial charge is 0.508 e. The monoisotopic (exact) mass is 816 g/mol. The van der Waals surface area contributed by atoms with E-state index in [2.05, 4.69) is 0 Å². The van der Waals surface area contributed by atoms with Crippen molar-refractivity contribution in [1.29, 1.82) is 0 Å². The van der Waals surface area contributed by atoms with Gasteiger partial charge in [-0.2, -0.15) is 0 Å². The summed E-state index contributed by atoms with van der Waals surface area (Å²) in [5.74, 6) is -3.44. The maximum atomic E-state index is 14.0. The third kappa shape index (κ3) is 8.45. The smallest absolute Gasteiger partial charge is 0.330 e. The minimum absolute atomic E-state index is 0.0594. The van der Waals surface area contributed by atoms with Crippen LogP contribution in [0.3, 0.4) is 0 Å². The molecule has 6 rings (SSSR count). The minimum Gasteiger partial charge on any atom is -0.508 e. The molecule has 0 unspecified atom stereocenters. The summed E-state index contributed by atoms with van der Waals surface area (Å²) in [4.78, 5) is 26.6. The van der Waals surface area contributed by atoms with Gasteiger partial charge in [-0.15, -0.1) is 0 Å². The SMILES string of the molecule is COc1cc(/C=C/C(=O)OC[C@H]2O[C@@H](O[C@H]3[C@H](Oc4c(-c5ccc(O)cc5)oc5cc(O)cc(O)c5c4=O)O[C@@H](CO)[C@H](O)[C@@H]3O)[C@H](O)[C@@H](O)[C@@H]2O)cc(OC)c1O. The van der Waals surface area contributed by atoms with Crippen molar-refractivity contribution in [1.82, 2.24) is 0 Å². The number of ether oxygens (including phenoxy) is 7. The van der Waals surface area contributed by atoms with Gasteiger partial charge in [-0.1, -0.05) is 0 Å². The van der Waals surface area contributed by atoms with Crippen molar-refractivity contribution in [3.8, 4) is 51.6 Å². The molecule has 0 amide bonds. The topological polar surface area (TPSA) is 314 Å². The molecule has 20 heteroatoms. The van der Waals surface area contributed by atoms with Crippen LogP contribution in [0.2, 0.25) is 0 Å². The number of aromatic hydroxyl groups is 4. The molecule has 10 atom stereocenters. The summed E-state index contributed by atoms with van der Waals surface area (Å²) >= 11 is 0. The Labute approximate surface area is 327 Å². The molecule has 2 fully saturated rings. The van der Waals surface area contributed by atoms with Gasteiger partial charge in [-0.3, -0.25) is 4.79 Å². The molecule has 2 saturated heterocycles. The predicted octanol–water partition coefficient (Wildman–Crippen LogP) is -0.433. The number of methoxy groups -OCH3 is 2. The summed E-state index contributed by atoms with van der Waals surface area (Å²) in [6.45, 7) is -1.60. The quantitative estimate of drug-likeness (QED) is 0.0640. The van der Waals surface area contributed by atoms with Crippen LogP contribution in [-0.2, 0) is 23.7 Å². The van der Waals surface area contributed by atoms with E-state index in [-0.39, 0.29) is 39.9 Å². The number of hydrogen-bond donors (Lipinski definition) is 10. The number of fused-ring (bicyclic) bond motifs is 1. The number of carbonyl (C=O) groups is 1. The Morgan fingerprint density at radius 2 is 1.41 bits per heavy atom. The number of rotatable bonds is 12. The minimum atomic E-state index is -2.05. The Kier molecular flexibility index (Phi) is 12.6. The first-order valence-electron chi connectivity index (χ1n) is 17.4. The number of carbonyl (C=O) groups excluding carboxylic acids is 1. The number of phenolic OH excluding ortho intramolecular Hbond substituents is 4. The van der Waals surface area contributed by atoms with Crippen LogP contribution in [0.4, 0.5) is 0 Å². The van der Waals surface area contributed by atoms with E-state index in [9.17, 15) is 60.7 Å². The van der Waals surface area contributed by atoms with E-state index in [1.165, 1.54) is 56.7 Å². The molecule has 10 N–H and O–H groups in total. The van der Waals surface area contributed by atoms with E-state index in [0.29, 0.717) is 5.56 Å². The number of benzene rings is 3. The molecule has 0 spiro atoms. The van der Waals surface area contributed by atoms with Crippen molar-refractivity contribution < 1.29 is 93.4 Å². The number of aliphatic hydroxyl groups is 6. The van der Waals surface area contributed by atoms with Gasteiger partial charge in [-0.05, 0) is 48.0 Å². The van der Waals surface area contributed by atoms with Gasteiger partial charge in [-0.25, -0.2) is 4.79 Å². The number of esters is 1. The van der Waals surface area contributed by atoms with Gasteiger partial charge in [0.05, 0.1) is 20.8 Å². The van der Waals surface area contributed by atoms with Crippen LogP contribution in [0.1, 0.15) is 5.56 Å². The van der Waals surface area contributed by atoms with Crippen LogP contribution in [0.15, 0.2) is 63.8 Å². The fourth-order valence-corrected chi connectivity index (χ4v) is 6.30. The summed E-state index contributed by atoms with van der Waals surface area (Å²) < 4.78 is 44.4. The van der Waals surface area contributed by atoms with E-state index in [1.807, 2.05) is 0 Å². The zero-order valence-electron chi connectivity index (χ0n) is 30.5. The normalized spacial score (nSPS) is 27.4. The van der Waals surface area contributed by atoms with Crippen LogP contribution >= 0.6 is 0 Å². The lowest BCUT2D eigenvalue weighted by atomic mass is 9.97. The van der Waals surface area contributed by atoms with Gasteiger partial charge in [0.15, 0.2) is 29.7 Å². The Bertz CT molecular complexity index is 2160. The molecule has 3 heterocycles. The lowest BCUT2D eigenvalue weighted by Gasteiger charge is -2.45. The number of aliphatic hydroxyl groups excluding tert-OH is 6. The van der Waals surface area contributed by atoms with Crippen LogP contribution in [0.25, 0.3) is 28.4 Å². The molecule has 1 aromatic heterocycles. The van der Waals surface area contributed by atoms with Crippen LogP contribution in [-0.4, -0.2) is 146 Å². The molecule has 3 aromatic carbocycles. The Morgan fingerprint density at radius 1 is 0.776 bits per heavy atom. The summed E-state index contributed by atoms with van der Waals surface area (Å²) in [5, 5.41) is 104. The van der Waals surface area contributed by atoms with E-state index in [4.69, 9.17) is 37.6 Å². The molecule has 0 bridgehead atoms. The molecule has 0 aliphatic carbocycles. The van der Waals surface area contributed by atoms with Gasteiger partial charge in [0.2, 0.25) is 23.2 Å². The van der Waals surface area contributed by atoms with E-state index >= 15 is 0 Å². The highest BCUT2D eigenvalue weighted by molar-refractivity contribution is 5.88. The van der Waals surface area contributed by atoms with E-state index in [1.54, 1.807) is 0 Å². The van der Waals surface area contributed by atoms with Gasteiger partial charge in [0, 0.05) is 23.8 Å². The maximum absolute atomic E-state index is 14.0. The van der Waals surface area contributed by atoms with Crippen molar-refractivity contribution in [2.75, 3.05) is 27.4 Å². The van der Waals surface area contributed by atoms with Crippen molar-refractivity contribution in [3.63, 3.8) is 0 Å². The Morgan fingerprint density at radius 3 is 2.05 bits per heavy atom. The molecule has 312 valence electrons. The highest BCUT2D eigenvalue weighted by Crippen LogP contribution is 2.39. The zero-order valence-corrected chi connectivity index (χ0v) is 30.5. The van der Waals surface area contributed by atoms with Gasteiger partial charge < -0.3 is 88.6 Å². The summed E-state index contributed by atoms with van der Waals surface area (Å²) in [6.07, 6.45) is -16.5. The number of phenols is 4. The van der Waals surface area contributed by atoms with Gasteiger partial charge >= 0.3 is 5.97 Å². The average molecular weight is 817 g/mol. The number of hydrogen-bond acceptors (Lipinski definition) is 20. The first-order valence-corrected chi connectivity index (χ1v) is 17.4. The molecule has 58 heavy (non-hydrogen) atoms. The lowest BCUT2D eigenvalue weighted by molar-refractivity contribution is -0.358. The molecule has 0 radical (unpaired) electrons. The second kappa shape index (κ2) is 17.4. The Hall–Kier alpha value is -5.68. The molecule has 4 aromatic rings. The fourth-order valence-electron chi connectivity index (χ4n) is 6.30. The summed E-state index contributed by atoms with van der Waals surface area (Å²) in [5.41, 5.74) is -0.821. The predicted molar refractivity (Wildman–Crippen MR) is 194 cm³/mol. The first-order chi connectivity index (χ1) is 27.6. The Balaban J connectivity index is 1.26. The van der Waals surface area contributed by atoms with Crippen molar-refractivity contribution in [2.24, 2.45) is 0 Å².